The number of phenols is 1. The lowest BCUT2D eigenvalue weighted by molar-refractivity contribution is 0.290. The number of rotatable bonds is 5. The minimum Gasteiger partial charge on any atom is -0.508 e. The van der Waals surface area contributed by atoms with Crippen molar-refractivity contribution in [2.45, 2.75) is 58.9 Å². The van der Waals surface area contributed by atoms with Crippen LogP contribution in [-0.4, -0.2) is 23.1 Å². The first-order chi connectivity index (χ1) is 9.65. The van der Waals surface area contributed by atoms with Gasteiger partial charge in [-0.15, -0.1) is 0 Å². The van der Waals surface area contributed by atoms with Crippen molar-refractivity contribution in [1.29, 1.82) is 0 Å². The molecule has 0 aromatic heterocycles. The second-order valence-corrected chi connectivity index (χ2v) is 6.22. The molecule has 20 heavy (non-hydrogen) atoms. The van der Waals surface area contributed by atoms with E-state index in [4.69, 9.17) is 0 Å². The molecule has 0 saturated heterocycles. The van der Waals surface area contributed by atoms with Gasteiger partial charge < -0.3 is 5.11 Å². The summed E-state index contributed by atoms with van der Waals surface area (Å²) in [5, 5.41) is 10.1. The van der Waals surface area contributed by atoms with Gasteiger partial charge in [-0.3, -0.25) is 4.90 Å². The molecule has 112 valence electrons. The van der Waals surface area contributed by atoms with Crippen molar-refractivity contribution in [2.75, 3.05) is 13.1 Å². The largest absolute Gasteiger partial charge is 0.508 e. The Morgan fingerprint density at radius 1 is 1.15 bits per heavy atom. The van der Waals surface area contributed by atoms with E-state index in [1.165, 1.54) is 31.2 Å². The number of hydrogen-bond donors (Lipinski definition) is 1. The van der Waals surface area contributed by atoms with Crippen LogP contribution in [0.15, 0.2) is 18.2 Å². The summed E-state index contributed by atoms with van der Waals surface area (Å²) in [5.41, 5.74) is 2.51. The highest BCUT2D eigenvalue weighted by Crippen LogP contribution is 2.38. The first-order valence-corrected chi connectivity index (χ1v) is 8.19. The molecular formula is C18H29NO. The fourth-order valence-corrected chi connectivity index (χ4v) is 3.46. The molecule has 1 N–H and O–H groups in total. The summed E-state index contributed by atoms with van der Waals surface area (Å²) >= 11 is 0. The number of phenolic OH excluding ortho intramolecular Hbond substituents is 1. The Balaban J connectivity index is 2.19. The maximum Gasteiger partial charge on any atom is 0.120 e. The van der Waals surface area contributed by atoms with Crippen molar-refractivity contribution in [3.8, 4) is 5.75 Å². The Morgan fingerprint density at radius 3 is 2.50 bits per heavy atom. The van der Waals surface area contributed by atoms with Gasteiger partial charge in [0.1, 0.15) is 5.75 Å². The van der Waals surface area contributed by atoms with Crippen LogP contribution in [0.25, 0.3) is 0 Å². The monoisotopic (exact) mass is 275 g/mol. The molecule has 1 aromatic carbocycles. The zero-order chi connectivity index (χ0) is 14.5. The van der Waals surface area contributed by atoms with Gasteiger partial charge in [-0.2, -0.15) is 0 Å². The lowest BCUT2D eigenvalue weighted by atomic mass is 9.76. The Labute approximate surface area is 123 Å². The van der Waals surface area contributed by atoms with Crippen LogP contribution in [0, 0.1) is 5.92 Å². The molecule has 2 rings (SSSR count). The van der Waals surface area contributed by atoms with Gasteiger partial charge in [0, 0.05) is 12.1 Å². The predicted octanol–water partition coefficient (Wildman–Crippen LogP) is 4.53. The quantitative estimate of drug-likeness (QED) is 0.853. The smallest absolute Gasteiger partial charge is 0.120 e. The first kappa shape index (κ1) is 15.4. The third-order valence-electron chi connectivity index (χ3n) is 4.93. The molecule has 1 saturated carbocycles. The molecule has 0 radical (unpaired) electrons. The third kappa shape index (κ3) is 3.54. The van der Waals surface area contributed by atoms with Gasteiger partial charge in [0.05, 0.1) is 0 Å². The Hall–Kier alpha value is -1.02. The number of aromatic hydroxyl groups is 1. The normalized spacial score (nSPS) is 23.2. The van der Waals surface area contributed by atoms with Gasteiger partial charge in [0.25, 0.3) is 0 Å². The van der Waals surface area contributed by atoms with Crippen LogP contribution in [0.3, 0.4) is 0 Å². The van der Waals surface area contributed by atoms with E-state index in [9.17, 15) is 5.11 Å². The zero-order valence-electron chi connectivity index (χ0n) is 13.2. The molecule has 1 fully saturated rings. The Kier molecular flexibility index (Phi) is 5.47. The number of benzene rings is 1. The molecule has 2 nitrogen and oxygen atoms in total. The summed E-state index contributed by atoms with van der Waals surface area (Å²) in [6, 6.07) is 6.28. The maximum absolute atomic E-state index is 10.1. The molecule has 2 atom stereocenters. The van der Waals surface area contributed by atoms with Crippen LogP contribution in [0.2, 0.25) is 0 Å². The molecule has 0 aliphatic heterocycles. The van der Waals surface area contributed by atoms with Crippen molar-refractivity contribution < 1.29 is 5.11 Å². The van der Waals surface area contributed by atoms with Crippen molar-refractivity contribution in [2.24, 2.45) is 5.92 Å². The molecule has 0 unspecified atom stereocenters. The number of hydrogen-bond acceptors (Lipinski definition) is 2. The van der Waals surface area contributed by atoms with Crippen LogP contribution in [0.4, 0.5) is 0 Å². The third-order valence-corrected chi connectivity index (χ3v) is 4.93. The zero-order valence-corrected chi connectivity index (χ0v) is 13.2. The summed E-state index contributed by atoms with van der Waals surface area (Å²) < 4.78 is 0. The van der Waals surface area contributed by atoms with Gasteiger partial charge in [-0.1, -0.05) is 52.2 Å². The fraction of sp³-hybridized carbons (Fsp3) is 0.667. The average molecular weight is 275 g/mol. The van der Waals surface area contributed by atoms with Crippen LogP contribution in [0.1, 0.15) is 63.5 Å². The Morgan fingerprint density at radius 2 is 1.85 bits per heavy atom. The summed E-state index contributed by atoms with van der Waals surface area (Å²) in [6.45, 7) is 9.63. The molecular weight excluding hydrogens is 246 g/mol. The van der Waals surface area contributed by atoms with Gasteiger partial charge in [0.2, 0.25) is 0 Å². The van der Waals surface area contributed by atoms with E-state index in [2.05, 4.69) is 37.8 Å². The summed E-state index contributed by atoms with van der Waals surface area (Å²) in [4.78, 5) is 2.35. The molecule has 0 spiro atoms. The fourth-order valence-electron chi connectivity index (χ4n) is 3.46. The summed E-state index contributed by atoms with van der Waals surface area (Å²) in [5.74, 6) is 1.90. The van der Waals surface area contributed by atoms with Gasteiger partial charge in [-0.05, 0) is 43.0 Å². The standard InChI is InChI=1S/C18H29NO/c1-4-19(5-2)13-16-12-15(10-11-18(16)20)17-9-7-6-8-14(17)3/h10-12,14,17,20H,4-9,13H2,1-3H3/t14-,17-/m1/s1. The van der Waals surface area contributed by atoms with E-state index in [0.29, 0.717) is 11.7 Å². The molecule has 1 aromatic rings. The van der Waals surface area contributed by atoms with Gasteiger partial charge >= 0.3 is 0 Å². The van der Waals surface area contributed by atoms with E-state index in [1.54, 1.807) is 0 Å². The van der Waals surface area contributed by atoms with Crippen molar-refractivity contribution in [1.82, 2.24) is 4.90 Å². The molecule has 1 aliphatic carbocycles. The van der Waals surface area contributed by atoms with E-state index < -0.39 is 0 Å². The summed E-state index contributed by atoms with van der Waals surface area (Å²) in [7, 11) is 0. The highest BCUT2D eigenvalue weighted by molar-refractivity contribution is 5.38. The predicted molar refractivity (Wildman–Crippen MR) is 85.1 cm³/mol. The topological polar surface area (TPSA) is 23.5 Å². The van der Waals surface area contributed by atoms with E-state index >= 15 is 0 Å². The van der Waals surface area contributed by atoms with Gasteiger partial charge in [0.15, 0.2) is 0 Å². The van der Waals surface area contributed by atoms with Gasteiger partial charge in [-0.25, -0.2) is 0 Å². The second-order valence-electron chi connectivity index (χ2n) is 6.22. The number of nitrogens with zero attached hydrogens (tertiary/aromatic N) is 1. The molecule has 0 bridgehead atoms. The highest BCUT2D eigenvalue weighted by Gasteiger charge is 2.23. The van der Waals surface area contributed by atoms with Crippen LogP contribution < -0.4 is 0 Å². The molecule has 0 amide bonds. The van der Waals surface area contributed by atoms with E-state index in [0.717, 1.165) is 31.1 Å². The van der Waals surface area contributed by atoms with Crippen LogP contribution >= 0.6 is 0 Å². The van der Waals surface area contributed by atoms with E-state index in [1.807, 2.05) is 6.07 Å². The highest BCUT2D eigenvalue weighted by atomic mass is 16.3. The maximum atomic E-state index is 10.1. The van der Waals surface area contributed by atoms with Crippen LogP contribution in [-0.2, 0) is 6.54 Å². The molecule has 2 heteroatoms. The van der Waals surface area contributed by atoms with Crippen molar-refractivity contribution in [3.63, 3.8) is 0 Å². The first-order valence-electron chi connectivity index (χ1n) is 8.19. The van der Waals surface area contributed by atoms with Crippen molar-refractivity contribution >= 4 is 0 Å². The molecule has 0 heterocycles. The lowest BCUT2D eigenvalue weighted by Crippen LogP contribution is -2.22. The SMILES string of the molecule is CCN(CC)Cc1cc([C@@H]2CCCC[C@H]2C)ccc1O. The minimum atomic E-state index is 0.448. The van der Waals surface area contributed by atoms with E-state index in [-0.39, 0.29) is 0 Å². The van der Waals surface area contributed by atoms with Crippen molar-refractivity contribution in [3.05, 3.63) is 29.3 Å². The Bertz CT molecular complexity index is 425. The summed E-state index contributed by atoms with van der Waals surface area (Å²) in [6.07, 6.45) is 5.37. The second kappa shape index (κ2) is 7.12. The average Bonchev–Trinajstić information content (AvgIpc) is 2.47. The van der Waals surface area contributed by atoms with Crippen LogP contribution in [0.5, 0.6) is 5.75 Å². The lowest BCUT2D eigenvalue weighted by Gasteiger charge is -2.30. The minimum absolute atomic E-state index is 0.448. The molecule has 1 aliphatic rings.